The molecule has 0 spiro atoms. The van der Waals surface area contributed by atoms with E-state index in [1.165, 1.54) is 46.2 Å². The molecule has 1 N–H and O–H groups in total. The van der Waals surface area contributed by atoms with Gasteiger partial charge in [0.15, 0.2) is 44.3 Å². The van der Waals surface area contributed by atoms with Gasteiger partial charge in [0.2, 0.25) is 17.4 Å². The number of benzene rings is 6. The summed E-state index contributed by atoms with van der Waals surface area (Å²) < 4.78 is 129. The van der Waals surface area contributed by atoms with Crippen LogP contribution in [0.2, 0.25) is 0 Å². The average molecular weight is 1730 g/mol. The highest BCUT2D eigenvalue weighted by Gasteiger charge is 2.66. The first-order valence-electron chi connectivity index (χ1n) is 42.0. The fraction of sp³-hybridized carbons (Fsp3) is 0.515. The number of ether oxygens (including phenoxy) is 8. The molecule has 3 heterocycles. The summed E-state index contributed by atoms with van der Waals surface area (Å²) in [5, 5.41) is 9.06. The minimum atomic E-state index is -5.81. The predicted molar refractivity (Wildman–Crippen MR) is 456 cm³/mol. The van der Waals surface area contributed by atoms with E-state index in [-0.39, 0.29) is 98.9 Å². The summed E-state index contributed by atoms with van der Waals surface area (Å²) in [6.45, 7) is 40.3. The van der Waals surface area contributed by atoms with Gasteiger partial charge >= 0.3 is 35.8 Å². The molecule has 3 saturated heterocycles. The van der Waals surface area contributed by atoms with Crippen LogP contribution in [0.5, 0.6) is 28.7 Å². The quantitative estimate of drug-likeness (QED) is 0.0141. The summed E-state index contributed by atoms with van der Waals surface area (Å²) >= 11 is 0. The van der Waals surface area contributed by atoms with Gasteiger partial charge in [-0.3, -0.25) is 33.6 Å². The number of phenols is 1. The molecule has 122 heavy (non-hydrogen) atoms. The first-order chi connectivity index (χ1) is 56.8. The molecule has 2 bridgehead atoms. The second-order valence-corrected chi connectivity index (χ2v) is 40.5. The zero-order chi connectivity index (χ0) is 90.8. The Morgan fingerprint density at radius 2 is 0.951 bits per heavy atom. The van der Waals surface area contributed by atoms with Crippen LogP contribution in [0.3, 0.4) is 0 Å². The van der Waals surface area contributed by atoms with Crippen molar-refractivity contribution in [2.45, 2.75) is 278 Å². The van der Waals surface area contributed by atoms with Crippen molar-refractivity contribution in [2.75, 3.05) is 0 Å². The standard InChI is InChI=1S/C26H38O3.C18H15S.C16H24O3.C13H18O5.C12H12F4O5S.C12H16O3/c1-7-23(2,3)22(28)29-26(6)15-12-21-19-9-8-17-16-18(27)10-13-24(17,4)20(19)11-14-25(21,26)5;1-4-10-16(11-5-1)19(17-12-6-2-7-13-17)18-14-8-3-9-15-18;1-7-16(5,6)14(17)18-12-8-10-13(11-9-12)19-15(2,3)4;1-4-13(2,3)12(15)18-9-7-5-6-8(16-7)10(9)17-11(6)14;1-4-12(2,3)11(17)21-9-5(13)7(15)10(22(18,19)20)8(16)6(9)14;1-4-12(2,3)11(14)15-10-7-5-9(13)6-8-10/h10,13,16,19-21H,7-9,11-12,14-15H2,1-6H3;1-15H;8-11H,7H2,1-6H3;6-10H,4-5H2,1-3H3;4H2,1-3H3,(H,18,19,20);5-8,13H,4H2,1-3H3/q;+1;;;;/p-1/t19?,20-,21-,24-,25-,26?;;;;;/m0...../s1. The molecule has 6 aromatic rings. The van der Waals surface area contributed by atoms with E-state index in [1.807, 2.05) is 115 Å². The maximum atomic E-state index is 13.6. The Balaban J connectivity index is 0.000000184. The van der Waals surface area contributed by atoms with Gasteiger partial charge in [-0.1, -0.05) is 115 Å². The number of carbonyl (C=O) groups excluding carboxylic acids is 7. The molecule has 3 saturated carbocycles. The molecule has 0 aromatic heterocycles. The molecule has 3 aliphatic heterocycles. The Bertz CT molecular complexity index is 4750. The summed E-state index contributed by atoms with van der Waals surface area (Å²) in [6.07, 6.45) is 15.0. The van der Waals surface area contributed by atoms with Crippen LogP contribution >= 0.6 is 0 Å². The van der Waals surface area contributed by atoms with Gasteiger partial charge in [-0.05, 0) is 289 Å². The van der Waals surface area contributed by atoms with Crippen molar-refractivity contribution < 1.29 is 107 Å². The van der Waals surface area contributed by atoms with Gasteiger partial charge in [0, 0.05) is 10.8 Å². The van der Waals surface area contributed by atoms with Crippen molar-refractivity contribution >= 4 is 62.6 Å². The zero-order valence-corrected chi connectivity index (χ0v) is 75.9. The Hall–Kier alpha value is -9.17. The smallest absolute Gasteiger partial charge is 0.317 e. The molecule has 7 aliphatic rings. The van der Waals surface area contributed by atoms with E-state index in [0.29, 0.717) is 42.1 Å². The molecule has 664 valence electrons. The van der Waals surface area contributed by atoms with Gasteiger partial charge in [0.05, 0.1) is 50.0 Å². The normalized spacial score (nSPS) is 23.6. The second kappa shape index (κ2) is 39.4. The lowest BCUT2D eigenvalue weighted by molar-refractivity contribution is -0.189. The molecule has 19 nitrogen and oxygen atoms in total. The lowest BCUT2D eigenvalue weighted by Gasteiger charge is -2.58. The number of rotatable bonds is 20. The van der Waals surface area contributed by atoms with Crippen molar-refractivity contribution in [3.63, 3.8) is 0 Å². The molecule has 25 heteroatoms. The first-order valence-corrected chi connectivity index (χ1v) is 44.6. The van der Waals surface area contributed by atoms with Crippen molar-refractivity contribution in [3.8, 4) is 28.7 Å². The topological polar surface area (TPSA) is 271 Å². The van der Waals surface area contributed by atoms with Gasteiger partial charge in [0.25, 0.3) is 0 Å². The van der Waals surface area contributed by atoms with E-state index in [0.717, 1.165) is 63.5 Å². The molecule has 4 aliphatic carbocycles. The van der Waals surface area contributed by atoms with E-state index < -0.39 is 89.3 Å². The Morgan fingerprint density at radius 1 is 0.533 bits per heavy atom. The van der Waals surface area contributed by atoms with E-state index in [4.69, 9.17) is 38.3 Å². The molecule has 0 radical (unpaired) electrons. The van der Waals surface area contributed by atoms with Crippen molar-refractivity contribution in [1.29, 1.82) is 0 Å². The van der Waals surface area contributed by atoms with Crippen LogP contribution in [0.4, 0.5) is 17.6 Å². The highest BCUT2D eigenvalue weighted by Crippen LogP contribution is 2.68. The Morgan fingerprint density at radius 3 is 1.39 bits per heavy atom. The largest absolute Gasteiger partial charge is 0.744 e. The summed E-state index contributed by atoms with van der Waals surface area (Å²) in [6, 6.07) is 45.4. The molecule has 11 atom stereocenters. The van der Waals surface area contributed by atoms with Gasteiger partial charge in [-0.2, -0.15) is 8.78 Å². The number of allylic oxidation sites excluding steroid dienone is 4. The average Bonchev–Trinajstić information content (AvgIpc) is 1.48. The summed E-state index contributed by atoms with van der Waals surface area (Å²) in [5.41, 5.74) is -2.28. The lowest BCUT2D eigenvalue weighted by atomic mass is 9.47. The monoisotopic (exact) mass is 1730 g/mol. The fourth-order valence-electron chi connectivity index (χ4n) is 15.5. The van der Waals surface area contributed by atoms with Gasteiger partial charge in [-0.25, -0.2) is 17.2 Å². The highest BCUT2D eigenvalue weighted by molar-refractivity contribution is 7.97. The number of carbonyl (C=O) groups is 7. The lowest BCUT2D eigenvalue weighted by Crippen LogP contribution is -2.55. The number of phenolic OH excluding ortho intramolecular Hbond substituents is 1. The Kier molecular flexibility index (Phi) is 31.7. The predicted octanol–water partition coefficient (Wildman–Crippen LogP) is 21.3. The summed E-state index contributed by atoms with van der Waals surface area (Å²) in [4.78, 5) is 85.6. The number of fused-ring (bicyclic) bond motifs is 6. The van der Waals surface area contributed by atoms with E-state index in [1.54, 1.807) is 37.3 Å². The summed E-state index contributed by atoms with van der Waals surface area (Å²) in [5.74, 6) is -9.60. The van der Waals surface area contributed by atoms with Crippen molar-refractivity contribution in [3.05, 3.63) is 187 Å². The molecule has 6 fully saturated rings. The molecule has 6 aromatic carbocycles. The maximum absolute atomic E-state index is 13.6. The van der Waals surface area contributed by atoms with Crippen LogP contribution in [-0.4, -0.2) is 95.3 Å². The number of esters is 6. The third kappa shape index (κ3) is 22.9. The van der Waals surface area contributed by atoms with E-state index in [2.05, 4.69) is 130 Å². The van der Waals surface area contributed by atoms with Gasteiger partial charge < -0.3 is 47.6 Å². The summed E-state index contributed by atoms with van der Waals surface area (Å²) in [7, 11) is -5.82. The highest BCUT2D eigenvalue weighted by atomic mass is 32.2. The van der Waals surface area contributed by atoms with E-state index >= 15 is 0 Å². The molecule has 7 unspecified atom stereocenters. The molecular weight excluding hydrogens is 1610 g/mol. The molecule has 13 rings (SSSR count). The maximum Gasteiger partial charge on any atom is 0.317 e. The molecule has 0 amide bonds. The number of ketones is 1. The van der Waals surface area contributed by atoms with E-state index in [9.17, 15) is 64.1 Å². The van der Waals surface area contributed by atoms with Gasteiger partial charge in [-0.15, -0.1) is 0 Å². The number of hydrogen-bond donors (Lipinski definition) is 1. The fourth-order valence-corrected chi connectivity index (χ4v) is 18.2. The van der Waals surface area contributed by atoms with Crippen molar-refractivity contribution in [2.24, 2.45) is 61.6 Å². The van der Waals surface area contributed by atoms with Crippen molar-refractivity contribution in [1.82, 2.24) is 0 Å². The third-order valence-corrected chi connectivity index (χ3v) is 28.8. The van der Waals surface area contributed by atoms with Crippen LogP contribution in [0.25, 0.3) is 0 Å². The third-order valence-electron chi connectivity index (χ3n) is 25.7. The molecular formula is C97H122F4O19S2. The number of hydrogen-bond acceptors (Lipinski definition) is 19. The van der Waals surface area contributed by atoms with Crippen LogP contribution in [0.1, 0.15) is 222 Å². The zero-order valence-electron chi connectivity index (χ0n) is 74.2. The van der Waals surface area contributed by atoms with Crippen LogP contribution in [0.15, 0.2) is 183 Å². The minimum Gasteiger partial charge on any atom is -0.744 e. The second-order valence-electron chi connectivity index (χ2n) is 37.1. The SMILES string of the molecule is CCC(C)(C)C(=O)OC1(C)CC[C@H]2C3CCC4=CC(=O)C=C[C@]4(C)[C@H]3CC[C@@]21C.CCC(C)(C)C(=O)OC1C2CC3C(=O)OC1C3O2.CCC(C)(C)C(=O)Oc1c(F)c(F)c(S(=O)(=O)[O-])c(F)c1F.CCC(C)(C)C(=O)Oc1ccc(O)cc1.CCC(C)(C)C(=O)Oc1ccc(OC(C)(C)C)cc1.c1ccc([S+](c2ccccc2)c2ccccc2)cc1. The number of halogens is 4. The Labute approximate surface area is 720 Å². The minimum absolute atomic E-state index is 0.0146. The van der Waals surface area contributed by atoms with Crippen LogP contribution < -0.4 is 18.9 Å². The van der Waals surface area contributed by atoms with Gasteiger partial charge in [0.1, 0.15) is 55.3 Å². The first kappa shape index (κ1) is 98.3. The number of aromatic hydroxyl groups is 1. The van der Waals surface area contributed by atoms with Crippen LogP contribution in [0, 0.1) is 84.8 Å². The van der Waals surface area contributed by atoms with Crippen LogP contribution in [-0.2, 0) is 73.5 Å².